The third kappa shape index (κ3) is 4.77. The van der Waals surface area contributed by atoms with E-state index in [4.69, 9.17) is 11.6 Å². The van der Waals surface area contributed by atoms with Crippen LogP contribution in [-0.4, -0.2) is 15.9 Å². The zero-order valence-electron chi connectivity index (χ0n) is 14.3. The van der Waals surface area contributed by atoms with E-state index in [-0.39, 0.29) is 17.3 Å². The number of aryl methyl sites for hydroxylation is 1. The molecule has 0 aliphatic carbocycles. The molecule has 3 rings (SSSR count). The van der Waals surface area contributed by atoms with Gasteiger partial charge in [-0.25, -0.2) is 18.7 Å². The predicted molar refractivity (Wildman–Crippen MR) is 99.9 cm³/mol. The number of nitrogens with one attached hydrogen (secondary N) is 2. The number of carbonyl (C=O) groups excluding carboxylic acids is 1. The van der Waals surface area contributed by atoms with Crippen molar-refractivity contribution in [3.8, 4) is 0 Å². The molecule has 2 aromatic carbocycles. The first kappa shape index (κ1) is 18.7. The highest BCUT2D eigenvalue weighted by Crippen LogP contribution is 2.18. The number of anilines is 2. The first-order chi connectivity index (χ1) is 12.9. The van der Waals surface area contributed by atoms with Crippen molar-refractivity contribution in [1.29, 1.82) is 0 Å². The second-order valence-corrected chi connectivity index (χ2v) is 6.15. The maximum Gasteiger partial charge on any atom is 0.274 e. The average molecular weight is 389 g/mol. The maximum atomic E-state index is 13.7. The fraction of sp³-hybridized carbons (Fsp3) is 0.105. The average Bonchev–Trinajstić information content (AvgIpc) is 2.63. The Morgan fingerprint density at radius 3 is 2.63 bits per heavy atom. The fourth-order valence-corrected chi connectivity index (χ4v) is 2.56. The zero-order chi connectivity index (χ0) is 19.4. The van der Waals surface area contributed by atoms with Crippen LogP contribution in [0.15, 0.2) is 48.5 Å². The van der Waals surface area contributed by atoms with Gasteiger partial charge < -0.3 is 10.6 Å². The molecule has 0 bridgehead atoms. The summed E-state index contributed by atoms with van der Waals surface area (Å²) in [6, 6.07) is 11.7. The number of rotatable bonds is 5. The molecular formula is C19H15ClF2N4O. The maximum absolute atomic E-state index is 13.7. The number of halogens is 3. The number of nitrogens with zero attached hydrogens (tertiary/aromatic N) is 2. The van der Waals surface area contributed by atoms with Crippen molar-refractivity contribution in [2.24, 2.45) is 0 Å². The van der Waals surface area contributed by atoms with Gasteiger partial charge in [0.1, 0.15) is 17.3 Å². The van der Waals surface area contributed by atoms with Gasteiger partial charge in [-0.15, -0.1) is 0 Å². The Bertz CT molecular complexity index is 997. The van der Waals surface area contributed by atoms with E-state index in [1.807, 2.05) is 18.2 Å². The monoisotopic (exact) mass is 388 g/mol. The van der Waals surface area contributed by atoms with Gasteiger partial charge in [0.15, 0.2) is 0 Å². The van der Waals surface area contributed by atoms with Crippen LogP contribution in [-0.2, 0) is 6.54 Å². The Morgan fingerprint density at radius 2 is 1.89 bits per heavy atom. The molecule has 0 atom stereocenters. The summed E-state index contributed by atoms with van der Waals surface area (Å²) in [5.74, 6) is -1.99. The van der Waals surface area contributed by atoms with Crippen molar-refractivity contribution in [3.05, 3.63) is 82.1 Å². The molecule has 1 aromatic heterocycles. The topological polar surface area (TPSA) is 66.9 Å². The lowest BCUT2D eigenvalue weighted by Crippen LogP contribution is -2.17. The minimum atomic E-state index is -0.869. The Morgan fingerprint density at radius 1 is 1.11 bits per heavy atom. The van der Waals surface area contributed by atoms with E-state index in [1.165, 1.54) is 6.07 Å². The zero-order valence-corrected chi connectivity index (χ0v) is 15.0. The van der Waals surface area contributed by atoms with Crippen molar-refractivity contribution < 1.29 is 13.6 Å². The Labute approximate surface area is 159 Å². The molecule has 27 heavy (non-hydrogen) atoms. The highest BCUT2D eigenvalue weighted by atomic mass is 35.5. The van der Waals surface area contributed by atoms with Gasteiger partial charge in [-0.1, -0.05) is 29.8 Å². The lowest BCUT2D eigenvalue weighted by Gasteiger charge is -2.10. The highest BCUT2D eigenvalue weighted by Gasteiger charge is 2.14. The standard InChI is InChI=1S/C19H15ClF2N4O/c1-11-8-17(18(27)25-16-7-6-13(21)9-15(16)22)26-19(24-11)23-10-12-4-2-3-5-14(12)20/h2-9H,10H2,1H3,(H,25,27)(H,23,24,26). The number of hydrogen-bond donors (Lipinski definition) is 2. The Hall–Kier alpha value is -3.06. The molecule has 8 heteroatoms. The van der Waals surface area contributed by atoms with E-state index in [2.05, 4.69) is 20.6 Å². The van der Waals surface area contributed by atoms with Crippen LogP contribution < -0.4 is 10.6 Å². The number of aromatic nitrogens is 2. The second-order valence-electron chi connectivity index (χ2n) is 5.74. The molecule has 2 N–H and O–H groups in total. The van der Waals surface area contributed by atoms with Gasteiger partial charge in [-0.05, 0) is 36.8 Å². The van der Waals surface area contributed by atoms with Crippen LogP contribution in [0.4, 0.5) is 20.4 Å². The van der Waals surface area contributed by atoms with E-state index in [9.17, 15) is 13.6 Å². The third-order valence-corrected chi connectivity index (χ3v) is 4.03. The summed E-state index contributed by atoms with van der Waals surface area (Å²) in [6.45, 7) is 2.08. The summed E-state index contributed by atoms with van der Waals surface area (Å²) >= 11 is 6.11. The van der Waals surface area contributed by atoms with Crippen LogP contribution in [0.2, 0.25) is 5.02 Å². The van der Waals surface area contributed by atoms with E-state index in [0.29, 0.717) is 23.3 Å². The number of amides is 1. The molecule has 138 valence electrons. The van der Waals surface area contributed by atoms with Gasteiger partial charge in [0, 0.05) is 23.3 Å². The second kappa shape index (κ2) is 8.09. The van der Waals surface area contributed by atoms with Gasteiger partial charge in [0.05, 0.1) is 5.69 Å². The van der Waals surface area contributed by atoms with Crippen LogP contribution in [0.5, 0.6) is 0 Å². The predicted octanol–water partition coefficient (Wildman–Crippen LogP) is 4.58. The Kier molecular flexibility index (Phi) is 5.61. The van der Waals surface area contributed by atoms with E-state index < -0.39 is 17.5 Å². The summed E-state index contributed by atoms with van der Waals surface area (Å²) in [6.07, 6.45) is 0. The summed E-state index contributed by atoms with van der Waals surface area (Å²) in [7, 11) is 0. The lowest BCUT2D eigenvalue weighted by atomic mass is 10.2. The molecule has 5 nitrogen and oxygen atoms in total. The minimum Gasteiger partial charge on any atom is -0.350 e. The quantitative estimate of drug-likeness (QED) is 0.671. The van der Waals surface area contributed by atoms with E-state index in [0.717, 1.165) is 17.7 Å². The van der Waals surface area contributed by atoms with Crippen molar-refractivity contribution in [2.75, 3.05) is 10.6 Å². The molecular weight excluding hydrogens is 374 g/mol. The van der Waals surface area contributed by atoms with E-state index >= 15 is 0 Å². The van der Waals surface area contributed by atoms with Crippen molar-refractivity contribution in [3.63, 3.8) is 0 Å². The summed E-state index contributed by atoms with van der Waals surface area (Å²) in [5, 5.41) is 5.98. The van der Waals surface area contributed by atoms with Gasteiger partial charge in [0.2, 0.25) is 5.95 Å². The SMILES string of the molecule is Cc1cc(C(=O)Nc2ccc(F)cc2F)nc(NCc2ccccc2Cl)n1. The number of benzene rings is 2. The van der Waals surface area contributed by atoms with E-state index in [1.54, 1.807) is 13.0 Å². The van der Waals surface area contributed by atoms with Gasteiger partial charge in [-0.2, -0.15) is 0 Å². The molecule has 0 radical (unpaired) electrons. The molecule has 0 saturated carbocycles. The van der Waals surface area contributed by atoms with Crippen LogP contribution in [0, 0.1) is 18.6 Å². The van der Waals surface area contributed by atoms with Crippen LogP contribution in [0.3, 0.4) is 0 Å². The Balaban J connectivity index is 1.76. The molecule has 0 unspecified atom stereocenters. The molecule has 1 amide bonds. The summed E-state index contributed by atoms with van der Waals surface area (Å²) in [5.41, 5.74) is 1.32. The summed E-state index contributed by atoms with van der Waals surface area (Å²) in [4.78, 5) is 20.7. The molecule has 0 aliphatic rings. The van der Waals surface area contributed by atoms with Crippen molar-refractivity contribution in [1.82, 2.24) is 9.97 Å². The largest absolute Gasteiger partial charge is 0.350 e. The summed E-state index contributed by atoms with van der Waals surface area (Å²) < 4.78 is 26.7. The molecule has 3 aromatic rings. The van der Waals surface area contributed by atoms with Crippen molar-refractivity contribution >= 4 is 29.1 Å². The molecule has 0 aliphatic heterocycles. The molecule has 0 saturated heterocycles. The molecule has 1 heterocycles. The van der Waals surface area contributed by atoms with Crippen LogP contribution >= 0.6 is 11.6 Å². The normalized spacial score (nSPS) is 10.5. The third-order valence-electron chi connectivity index (χ3n) is 3.66. The highest BCUT2D eigenvalue weighted by molar-refractivity contribution is 6.31. The first-order valence-electron chi connectivity index (χ1n) is 8.02. The number of carbonyl (C=O) groups is 1. The first-order valence-corrected chi connectivity index (χ1v) is 8.39. The van der Waals surface area contributed by atoms with Crippen LogP contribution in [0.25, 0.3) is 0 Å². The van der Waals surface area contributed by atoms with Gasteiger partial charge in [0.25, 0.3) is 5.91 Å². The lowest BCUT2D eigenvalue weighted by molar-refractivity contribution is 0.102. The molecule has 0 spiro atoms. The van der Waals surface area contributed by atoms with Crippen molar-refractivity contribution in [2.45, 2.75) is 13.5 Å². The van der Waals surface area contributed by atoms with Gasteiger partial charge in [-0.3, -0.25) is 4.79 Å². The van der Waals surface area contributed by atoms with Gasteiger partial charge >= 0.3 is 0 Å². The number of hydrogen-bond acceptors (Lipinski definition) is 4. The van der Waals surface area contributed by atoms with Crippen LogP contribution in [0.1, 0.15) is 21.7 Å². The molecule has 0 fully saturated rings. The smallest absolute Gasteiger partial charge is 0.274 e. The fourth-order valence-electron chi connectivity index (χ4n) is 2.36. The minimum absolute atomic E-state index is 0.0490.